The number of cyclic esters (lactones) is 1. The van der Waals surface area contributed by atoms with Crippen LogP contribution in [0.15, 0.2) is 46.0 Å². The van der Waals surface area contributed by atoms with Gasteiger partial charge in [0.15, 0.2) is 0 Å². The molecular formula is C13H12N2O4S2. The van der Waals surface area contributed by atoms with Crippen LogP contribution in [0.25, 0.3) is 0 Å². The number of rotatable bonds is 4. The molecule has 0 radical (unpaired) electrons. The first-order chi connectivity index (χ1) is 10.1. The molecule has 1 fully saturated rings. The summed E-state index contributed by atoms with van der Waals surface area (Å²) in [5.74, 6) is 0. The van der Waals surface area contributed by atoms with E-state index < -0.39 is 10.0 Å². The van der Waals surface area contributed by atoms with Gasteiger partial charge in [0.1, 0.15) is 10.8 Å². The summed E-state index contributed by atoms with van der Waals surface area (Å²) in [6, 6.07) is 9.82. The molecule has 110 valence electrons. The molecule has 1 saturated heterocycles. The highest BCUT2D eigenvalue weighted by atomic mass is 32.2. The molecule has 1 aliphatic rings. The van der Waals surface area contributed by atoms with E-state index in [0.29, 0.717) is 24.5 Å². The SMILES string of the molecule is O=C1OCCN1c1ccc(NS(=O)(=O)c2cccs2)cc1. The highest BCUT2D eigenvalue weighted by molar-refractivity contribution is 7.94. The van der Waals surface area contributed by atoms with Crippen LogP contribution in [-0.2, 0) is 14.8 Å². The van der Waals surface area contributed by atoms with Gasteiger partial charge in [0.05, 0.1) is 6.54 Å². The average molecular weight is 324 g/mol. The Balaban J connectivity index is 1.77. The van der Waals surface area contributed by atoms with Gasteiger partial charge >= 0.3 is 6.09 Å². The molecule has 0 unspecified atom stereocenters. The molecule has 6 nitrogen and oxygen atoms in total. The maximum atomic E-state index is 12.1. The average Bonchev–Trinajstić information content (AvgIpc) is 3.10. The number of sulfonamides is 1. The van der Waals surface area contributed by atoms with Gasteiger partial charge in [-0.1, -0.05) is 6.07 Å². The molecule has 0 bridgehead atoms. The van der Waals surface area contributed by atoms with Crippen molar-refractivity contribution in [1.29, 1.82) is 0 Å². The molecule has 8 heteroatoms. The summed E-state index contributed by atoms with van der Waals surface area (Å²) >= 11 is 1.15. The van der Waals surface area contributed by atoms with Gasteiger partial charge in [-0.05, 0) is 35.7 Å². The second-order valence-corrected chi connectivity index (χ2v) is 7.21. The molecular weight excluding hydrogens is 312 g/mol. The Morgan fingerprint density at radius 3 is 2.52 bits per heavy atom. The number of hydrogen-bond donors (Lipinski definition) is 1. The number of carbonyl (C=O) groups is 1. The van der Waals surface area contributed by atoms with E-state index in [0.717, 1.165) is 11.3 Å². The number of carbonyl (C=O) groups excluding carboxylic acids is 1. The van der Waals surface area contributed by atoms with Crippen molar-refractivity contribution < 1.29 is 17.9 Å². The number of amides is 1. The monoisotopic (exact) mass is 324 g/mol. The van der Waals surface area contributed by atoms with Crippen molar-refractivity contribution in [1.82, 2.24) is 0 Å². The first-order valence-corrected chi connectivity index (χ1v) is 8.53. The highest BCUT2D eigenvalue weighted by Crippen LogP contribution is 2.24. The number of anilines is 2. The Bertz CT molecular complexity index is 739. The maximum absolute atomic E-state index is 12.1. The smallest absolute Gasteiger partial charge is 0.414 e. The number of benzene rings is 1. The Labute approximate surface area is 126 Å². The molecule has 0 spiro atoms. The number of nitrogens with one attached hydrogen (secondary N) is 1. The van der Waals surface area contributed by atoms with Crippen LogP contribution in [-0.4, -0.2) is 27.7 Å². The summed E-state index contributed by atoms with van der Waals surface area (Å²) in [4.78, 5) is 12.9. The summed E-state index contributed by atoms with van der Waals surface area (Å²) < 4.78 is 31.8. The summed E-state index contributed by atoms with van der Waals surface area (Å²) in [6.45, 7) is 0.866. The van der Waals surface area contributed by atoms with Gasteiger partial charge in [0, 0.05) is 11.4 Å². The molecule has 1 aromatic carbocycles. The first kappa shape index (κ1) is 13.9. The Morgan fingerprint density at radius 1 is 1.19 bits per heavy atom. The molecule has 0 saturated carbocycles. The molecule has 0 aliphatic carbocycles. The van der Waals surface area contributed by atoms with Crippen molar-refractivity contribution in [3.8, 4) is 0 Å². The molecule has 2 heterocycles. The van der Waals surface area contributed by atoms with Crippen LogP contribution < -0.4 is 9.62 Å². The number of ether oxygens (including phenoxy) is 1. The van der Waals surface area contributed by atoms with Gasteiger partial charge < -0.3 is 4.74 Å². The van der Waals surface area contributed by atoms with E-state index in [2.05, 4.69) is 4.72 Å². The molecule has 2 aromatic rings. The van der Waals surface area contributed by atoms with Crippen LogP contribution in [0.2, 0.25) is 0 Å². The van der Waals surface area contributed by atoms with Crippen molar-refractivity contribution in [3.63, 3.8) is 0 Å². The lowest BCUT2D eigenvalue weighted by Crippen LogP contribution is -2.23. The highest BCUT2D eigenvalue weighted by Gasteiger charge is 2.23. The molecule has 3 rings (SSSR count). The zero-order chi connectivity index (χ0) is 14.9. The van der Waals surface area contributed by atoms with E-state index in [1.807, 2.05) is 0 Å². The lowest BCUT2D eigenvalue weighted by atomic mass is 10.2. The van der Waals surface area contributed by atoms with Crippen molar-refractivity contribution >= 4 is 38.8 Å². The third kappa shape index (κ3) is 2.86. The van der Waals surface area contributed by atoms with Gasteiger partial charge in [-0.2, -0.15) is 0 Å². The normalized spacial score (nSPS) is 15.0. The summed E-state index contributed by atoms with van der Waals surface area (Å²) in [5.41, 5.74) is 1.12. The van der Waals surface area contributed by atoms with Gasteiger partial charge in [-0.25, -0.2) is 13.2 Å². The van der Waals surface area contributed by atoms with Crippen molar-refractivity contribution in [2.45, 2.75) is 4.21 Å². The zero-order valence-corrected chi connectivity index (χ0v) is 12.5. The van der Waals surface area contributed by atoms with Crippen LogP contribution >= 0.6 is 11.3 Å². The van der Waals surface area contributed by atoms with E-state index in [4.69, 9.17) is 4.74 Å². The second-order valence-electron chi connectivity index (χ2n) is 4.35. The van der Waals surface area contributed by atoms with E-state index in [1.54, 1.807) is 41.8 Å². The van der Waals surface area contributed by atoms with Gasteiger partial charge in [0.25, 0.3) is 10.0 Å². The summed E-state index contributed by atoms with van der Waals surface area (Å²) in [5, 5.41) is 1.71. The van der Waals surface area contributed by atoms with E-state index in [1.165, 1.54) is 4.90 Å². The predicted octanol–water partition coefficient (Wildman–Crippen LogP) is 2.51. The predicted molar refractivity (Wildman–Crippen MR) is 80.3 cm³/mol. The minimum atomic E-state index is -3.55. The summed E-state index contributed by atoms with van der Waals surface area (Å²) in [7, 11) is -3.55. The second kappa shape index (κ2) is 5.38. The van der Waals surface area contributed by atoms with Crippen molar-refractivity contribution in [2.75, 3.05) is 22.8 Å². The maximum Gasteiger partial charge on any atom is 0.414 e. The fourth-order valence-corrected chi connectivity index (χ4v) is 4.01. The Hall–Kier alpha value is -2.06. The topological polar surface area (TPSA) is 75.7 Å². The standard InChI is InChI=1S/C13H12N2O4S2/c16-13-15(7-8-19-13)11-5-3-10(4-6-11)14-21(17,18)12-2-1-9-20-12/h1-6,9,14H,7-8H2. The van der Waals surface area contributed by atoms with Crippen LogP contribution in [0, 0.1) is 0 Å². The Kier molecular flexibility index (Phi) is 3.56. The van der Waals surface area contributed by atoms with Gasteiger partial charge in [-0.15, -0.1) is 11.3 Å². The van der Waals surface area contributed by atoms with E-state index in [-0.39, 0.29) is 10.3 Å². The van der Waals surface area contributed by atoms with Crippen LogP contribution in [0.5, 0.6) is 0 Å². The molecule has 1 N–H and O–H groups in total. The fourth-order valence-electron chi connectivity index (χ4n) is 1.96. The molecule has 1 amide bonds. The molecule has 0 atom stereocenters. The van der Waals surface area contributed by atoms with Gasteiger partial charge in [-0.3, -0.25) is 9.62 Å². The number of thiophene rings is 1. The lowest BCUT2D eigenvalue weighted by molar-refractivity contribution is 0.181. The molecule has 1 aromatic heterocycles. The third-order valence-electron chi connectivity index (χ3n) is 2.95. The number of hydrogen-bond acceptors (Lipinski definition) is 5. The first-order valence-electron chi connectivity index (χ1n) is 6.17. The lowest BCUT2D eigenvalue weighted by Gasteiger charge is -2.13. The fraction of sp³-hybridized carbons (Fsp3) is 0.154. The minimum Gasteiger partial charge on any atom is -0.447 e. The quantitative estimate of drug-likeness (QED) is 0.937. The largest absolute Gasteiger partial charge is 0.447 e. The zero-order valence-electron chi connectivity index (χ0n) is 10.9. The van der Waals surface area contributed by atoms with Crippen molar-refractivity contribution in [2.24, 2.45) is 0 Å². The molecule has 21 heavy (non-hydrogen) atoms. The van der Waals surface area contributed by atoms with Crippen LogP contribution in [0.1, 0.15) is 0 Å². The third-order valence-corrected chi connectivity index (χ3v) is 5.73. The minimum absolute atomic E-state index is 0.259. The summed E-state index contributed by atoms with van der Waals surface area (Å²) in [6.07, 6.45) is -0.387. The van der Waals surface area contributed by atoms with Crippen molar-refractivity contribution in [3.05, 3.63) is 41.8 Å². The van der Waals surface area contributed by atoms with Gasteiger partial charge in [0.2, 0.25) is 0 Å². The van der Waals surface area contributed by atoms with E-state index >= 15 is 0 Å². The number of nitrogens with zero attached hydrogens (tertiary/aromatic N) is 1. The molecule has 1 aliphatic heterocycles. The van der Waals surface area contributed by atoms with Crippen LogP contribution in [0.4, 0.5) is 16.2 Å². The Morgan fingerprint density at radius 2 is 1.95 bits per heavy atom. The van der Waals surface area contributed by atoms with Crippen LogP contribution in [0.3, 0.4) is 0 Å². The van der Waals surface area contributed by atoms with E-state index in [9.17, 15) is 13.2 Å².